The summed E-state index contributed by atoms with van der Waals surface area (Å²) >= 11 is 0. The van der Waals surface area contributed by atoms with Crippen LogP contribution < -0.4 is 5.06 Å². The van der Waals surface area contributed by atoms with Crippen molar-refractivity contribution in [2.75, 3.05) is 5.06 Å². The van der Waals surface area contributed by atoms with E-state index in [0.717, 1.165) is 11.3 Å². The number of aromatic nitrogens is 1. The molecule has 1 N–H and O–H groups in total. The Labute approximate surface area is 157 Å². The van der Waals surface area contributed by atoms with E-state index in [1.165, 1.54) is 10.6 Å². The van der Waals surface area contributed by atoms with Crippen molar-refractivity contribution in [2.45, 2.75) is 33.2 Å². The Kier molecular flexibility index (Phi) is 12.3. The van der Waals surface area contributed by atoms with Crippen LogP contribution in [0.5, 0.6) is 0 Å². The first-order chi connectivity index (χ1) is 8.89. The standard InChI is InChI=1S/C16H20N2O.3CH3.Ti/c1-12-8-5-6-9-13(12)14-10-7-11-15(17-14)18(19)16(2,3)4;;;;/h5-11,19H,1-4H3;3*1H3;/q;3*-1;+3. The van der Waals surface area contributed by atoms with Gasteiger partial charge in [0.05, 0.1) is 11.2 Å². The van der Waals surface area contributed by atoms with Gasteiger partial charge >= 0.3 is 21.7 Å². The van der Waals surface area contributed by atoms with E-state index >= 15 is 0 Å². The van der Waals surface area contributed by atoms with Crippen molar-refractivity contribution in [3.63, 3.8) is 0 Å². The van der Waals surface area contributed by atoms with Gasteiger partial charge in [-0.3, -0.25) is 5.21 Å². The van der Waals surface area contributed by atoms with Gasteiger partial charge in [0, 0.05) is 5.56 Å². The topological polar surface area (TPSA) is 36.4 Å². The van der Waals surface area contributed by atoms with Gasteiger partial charge in [-0.2, -0.15) is 0 Å². The monoisotopic (exact) mass is 349 g/mol. The van der Waals surface area contributed by atoms with Gasteiger partial charge in [-0.1, -0.05) is 30.3 Å². The third-order valence-corrected chi connectivity index (χ3v) is 3.01. The molecule has 0 atom stereocenters. The second-order valence-electron chi connectivity index (χ2n) is 5.68. The average molecular weight is 349 g/mol. The van der Waals surface area contributed by atoms with Gasteiger partial charge in [-0.25, -0.2) is 10.0 Å². The Morgan fingerprint density at radius 3 is 2.00 bits per heavy atom. The number of benzene rings is 1. The molecular formula is C19H29N2OTi. The van der Waals surface area contributed by atoms with E-state index in [9.17, 15) is 5.21 Å². The van der Waals surface area contributed by atoms with Crippen LogP contribution in [0.2, 0.25) is 0 Å². The zero-order chi connectivity index (χ0) is 14.0. The van der Waals surface area contributed by atoms with Crippen LogP contribution in [0.4, 0.5) is 5.82 Å². The molecule has 4 heteroatoms. The Balaban J connectivity index is -0.000001000. The van der Waals surface area contributed by atoms with Gasteiger partial charge in [0.1, 0.15) is 0 Å². The maximum Gasteiger partial charge on any atom is 3.00 e. The summed E-state index contributed by atoms with van der Waals surface area (Å²) in [5.74, 6) is 0.563. The van der Waals surface area contributed by atoms with Crippen LogP contribution in [0, 0.1) is 29.2 Å². The third-order valence-electron chi connectivity index (χ3n) is 3.01. The number of hydrogen-bond acceptors (Lipinski definition) is 3. The van der Waals surface area contributed by atoms with E-state index in [-0.39, 0.29) is 49.5 Å². The first-order valence-electron chi connectivity index (χ1n) is 6.42. The van der Waals surface area contributed by atoms with E-state index in [0.29, 0.717) is 5.82 Å². The molecule has 23 heavy (non-hydrogen) atoms. The fourth-order valence-electron chi connectivity index (χ4n) is 1.90. The summed E-state index contributed by atoms with van der Waals surface area (Å²) in [5.41, 5.74) is 2.76. The molecule has 0 saturated heterocycles. The molecule has 0 saturated carbocycles. The molecule has 1 radical (unpaired) electrons. The largest absolute Gasteiger partial charge is 3.00 e. The molecule has 0 aliphatic rings. The molecule has 1 aromatic carbocycles. The van der Waals surface area contributed by atoms with Gasteiger partial charge in [-0.15, -0.1) is 0 Å². The summed E-state index contributed by atoms with van der Waals surface area (Å²) in [6, 6.07) is 13.8. The number of hydroxylamine groups is 1. The summed E-state index contributed by atoms with van der Waals surface area (Å²) in [7, 11) is 0. The maximum absolute atomic E-state index is 10.2. The normalized spacial score (nSPS) is 9.43. The van der Waals surface area contributed by atoms with Crippen LogP contribution in [-0.4, -0.2) is 15.7 Å². The molecular weight excluding hydrogens is 320 g/mol. The van der Waals surface area contributed by atoms with Crippen LogP contribution >= 0.6 is 0 Å². The summed E-state index contributed by atoms with van der Waals surface area (Å²) in [6.45, 7) is 7.88. The molecule has 0 unspecified atom stereocenters. The second-order valence-corrected chi connectivity index (χ2v) is 5.68. The fourth-order valence-corrected chi connectivity index (χ4v) is 1.90. The third kappa shape index (κ3) is 6.46. The molecule has 125 valence electrons. The van der Waals surface area contributed by atoms with E-state index in [1.807, 2.05) is 57.2 Å². The van der Waals surface area contributed by atoms with Crippen molar-refractivity contribution >= 4 is 5.82 Å². The van der Waals surface area contributed by atoms with Crippen molar-refractivity contribution in [2.24, 2.45) is 0 Å². The second kappa shape index (κ2) is 10.6. The summed E-state index contributed by atoms with van der Waals surface area (Å²) in [4.78, 5) is 4.55. The van der Waals surface area contributed by atoms with Crippen LogP contribution in [0.15, 0.2) is 42.5 Å². The zero-order valence-corrected chi connectivity index (χ0v) is 16.9. The Morgan fingerprint density at radius 1 is 0.913 bits per heavy atom. The smallest absolute Gasteiger partial charge is 0.358 e. The molecule has 1 aromatic heterocycles. The Bertz CT molecular complexity index is 580. The van der Waals surface area contributed by atoms with E-state index in [2.05, 4.69) is 18.0 Å². The first-order valence-corrected chi connectivity index (χ1v) is 6.42. The number of pyridine rings is 1. The van der Waals surface area contributed by atoms with Crippen LogP contribution in [0.25, 0.3) is 11.3 Å². The fraction of sp³-hybridized carbons (Fsp3) is 0.263. The number of anilines is 1. The van der Waals surface area contributed by atoms with Crippen LogP contribution in [0.1, 0.15) is 26.3 Å². The number of rotatable bonds is 2. The van der Waals surface area contributed by atoms with Crippen molar-refractivity contribution in [1.29, 1.82) is 0 Å². The number of nitrogens with zero attached hydrogens (tertiary/aromatic N) is 2. The molecule has 1 heterocycles. The minimum Gasteiger partial charge on any atom is -0.358 e. The summed E-state index contributed by atoms with van der Waals surface area (Å²) < 4.78 is 0. The van der Waals surface area contributed by atoms with Crippen molar-refractivity contribution < 1.29 is 26.9 Å². The van der Waals surface area contributed by atoms with Crippen LogP contribution in [-0.2, 0) is 21.7 Å². The van der Waals surface area contributed by atoms with Crippen LogP contribution in [0.3, 0.4) is 0 Å². The van der Waals surface area contributed by atoms with E-state index < -0.39 is 0 Å². The number of aryl methyl sites for hydroxylation is 1. The average Bonchev–Trinajstić information content (AvgIpc) is 2.37. The van der Waals surface area contributed by atoms with Gasteiger partial charge < -0.3 is 22.3 Å². The van der Waals surface area contributed by atoms with E-state index in [1.54, 1.807) is 0 Å². The van der Waals surface area contributed by atoms with Gasteiger partial charge in [-0.05, 0) is 45.4 Å². The molecule has 0 fully saturated rings. The minimum absolute atomic E-state index is 0. The molecule has 0 spiro atoms. The van der Waals surface area contributed by atoms with Gasteiger partial charge in [0.15, 0.2) is 5.82 Å². The van der Waals surface area contributed by atoms with E-state index in [4.69, 9.17) is 0 Å². The molecule has 0 aliphatic heterocycles. The van der Waals surface area contributed by atoms with Crippen molar-refractivity contribution in [3.8, 4) is 11.3 Å². The Hall–Kier alpha value is -1.16. The minimum atomic E-state index is -0.378. The van der Waals surface area contributed by atoms with Gasteiger partial charge in [0.2, 0.25) is 0 Å². The zero-order valence-electron chi connectivity index (χ0n) is 15.4. The molecule has 3 nitrogen and oxygen atoms in total. The number of hydrogen-bond donors (Lipinski definition) is 1. The molecule has 2 rings (SSSR count). The SMILES string of the molecule is Cc1ccccc1-c1cccc(N(O)C(C)(C)C)n1.[CH3-].[CH3-].[CH3-].[Ti+3]. The predicted molar refractivity (Wildman–Crippen MR) is 97.7 cm³/mol. The molecule has 0 amide bonds. The molecule has 2 aromatic rings. The molecule has 0 bridgehead atoms. The quantitative estimate of drug-likeness (QED) is 0.448. The molecule has 0 aliphatic carbocycles. The first kappa shape index (κ1) is 26.7. The summed E-state index contributed by atoms with van der Waals surface area (Å²) in [6.07, 6.45) is 0. The van der Waals surface area contributed by atoms with Crippen molar-refractivity contribution in [1.82, 2.24) is 4.98 Å². The summed E-state index contributed by atoms with van der Waals surface area (Å²) in [5, 5.41) is 11.4. The maximum atomic E-state index is 10.2. The Morgan fingerprint density at radius 2 is 1.48 bits per heavy atom. The van der Waals surface area contributed by atoms with Crippen molar-refractivity contribution in [3.05, 3.63) is 70.3 Å². The predicted octanol–water partition coefficient (Wildman–Crippen LogP) is 5.40. The van der Waals surface area contributed by atoms with Gasteiger partial charge in [0.25, 0.3) is 0 Å².